The molecule has 1 saturated carbocycles. The van der Waals surface area contributed by atoms with Crippen LogP contribution in [0.25, 0.3) is 0 Å². The Balaban J connectivity index is 1.50. The van der Waals surface area contributed by atoms with Gasteiger partial charge in [-0.1, -0.05) is 32.1 Å². The third-order valence-corrected chi connectivity index (χ3v) is 5.67. The standard InChI is InChI=1S/C25H28O5/c1-3-18-5-7-19(8-6-18)20-9-15-23(16-10-20)30-25(27)21-11-13-22(14-12-21)28-17-29-24(26)4-2/h4,9-16,18-19H,2-3,5-8,17H2,1H3. The monoisotopic (exact) mass is 408 g/mol. The lowest BCUT2D eigenvalue weighted by atomic mass is 9.78. The highest BCUT2D eigenvalue weighted by Crippen LogP contribution is 2.37. The zero-order valence-corrected chi connectivity index (χ0v) is 17.3. The van der Waals surface area contributed by atoms with E-state index in [1.54, 1.807) is 24.3 Å². The molecule has 0 spiro atoms. The molecular weight excluding hydrogens is 380 g/mol. The van der Waals surface area contributed by atoms with Crippen molar-refractivity contribution in [1.82, 2.24) is 0 Å². The fourth-order valence-electron chi connectivity index (χ4n) is 3.78. The third-order valence-electron chi connectivity index (χ3n) is 5.67. The van der Waals surface area contributed by atoms with Gasteiger partial charge in [0.2, 0.25) is 6.79 Å². The summed E-state index contributed by atoms with van der Waals surface area (Å²) < 4.78 is 15.5. The molecule has 0 amide bonds. The van der Waals surface area contributed by atoms with E-state index in [-0.39, 0.29) is 6.79 Å². The molecule has 0 aromatic heterocycles. The van der Waals surface area contributed by atoms with Crippen molar-refractivity contribution >= 4 is 11.9 Å². The molecule has 0 saturated heterocycles. The van der Waals surface area contributed by atoms with Gasteiger partial charge in [0.15, 0.2) is 0 Å². The number of hydrogen-bond acceptors (Lipinski definition) is 5. The smallest absolute Gasteiger partial charge is 0.343 e. The lowest BCUT2D eigenvalue weighted by Crippen LogP contribution is -2.12. The average Bonchev–Trinajstić information content (AvgIpc) is 2.80. The predicted octanol–water partition coefficient (Wildman–Crippen LogP) is 5.66. The Morgan fingerprint density at radius 1 is 0.967 bits per heavy atom. The summed E-state index contributed by atoms with van der Waals surface area (Å²) in [6.45, 7) is 5.36. The molecule has 0 atom stereocenters. The van der Waals surface area contributed by atoms with Gasteiger partial charge in [-0.05, 0) is 79.5 Å². The Labute approximate surface area is 177 Å². The van der Waals surface area contributed by atoms with Crippen molar-refractivity contribution in [3.63, 3.8) is 0 Å². The Kier molecular flexibility index (Phi) is 7.66. The molecule has 1 aliphatic rings. The van der Waals surface area contributed by atoms with E-state index >= 15 is 0 Å². The molecule has 0 heterocycles. The molecule has 0 radical (unpaired) electrons. The lowest BCUT2D eigenvalue weighted by molar-refractivity contribution is -0.144. The minimum atomic E-state index is -0.560. The summed E-state index contributed by atoms with van der Waals surface area (Å²) in [5.41, 5.74) is 1.73. The highest BCUT2D eigenvalue weighted by atomic mass is 16.7. The largest absolute Gasteiger partial charge is 0.457 e. The molecule has 0 bridgehead atoms. The van der Waals surface area contributed by atoms with Gasteiger partial charge >= 0.3 is 11.9 Å². The van der Waals surface area contributed by atoms with Crippen LogP contribution in [0.2, 0.25) is 0 Å². The van der Waals surface area contributed by atoms with Crippen LogP contribution in [0.3, 0.4) is 0 Å². The zero-order chi connectivity index (χ0) is 21.3. The van der Waals surface area contributed by atoms with Crippen LogP contribution >= 0.6 is 0 Å². The quantitative estimate of drug-likeness (QED) is 0.244. The van der Waals surface area contributed by atoms with Gasteiger partial charge in [-0.15, -0.1) is 0 Å². The summed E-state index contributed by atoms with van der Waals surface area (Å²) in [6, 6.07) is 14.3. The van der Waals surface area contributed by atoms with E-state index in [1.807, 2.05) is 12.1 Å². The minimum Gasteiger partial charge on any atom is -0.457 e. The van der Waals surface area contributed by atoms with Crippen LogP contribution in [0.15, 0.2) is 61.2 Å². The summed E-state index contributed by atoms with van der Waals surface area (Å²) in [7, 11) is 0. The molecule has 2 aromatic carbocycles. The Hall–Kier alpha value is -3.08. The summed E-state index contributed by atoms with van der Waals surface area (Å²) in [5, 5.41) is 0. The molecule has 5 heteroatoms. The second-order valence-electron chi connectivity index (χ2n) is 7.54. The molecule has 1 fully saturated rings. The maximum atomic E-state index is 12.4. The van der Waals surface area contributed by atoms with Crippen LogP contribution in [-0.2, 0) is 9.53 Å². The van der Waals surface area contributed by atoms with Gasteiger partial charge in [-0.25, -0.2) is 9.59 Å². The van der Waals surface area contributed by atoms with Gasteiger partial charge in [0.25, 0.3) is 0 Å². The average molecular weight is 408 g/mol. The fraction of sp³-hybridized carbons (Fsp3) is 0.360. The number of carbonyl (C=O) groups is 2. The molecule has 30 heavy (non-hydrogen) atoms. The second-order valence-corrected chi connectivity index (χ2v) is 7.54. The van der Waals surface area contributed by atoms with Crippen molar-refractivity contribution < 1.29 is 23.8 Å². The van der Waals surface area contributed by atoms with E-state index in [9.17, 15) is 9.59 Å². The Bertz CT molecular complexity index is 846. The first-order chi connectivity index (χ1) is 14.6. The van der Waals surface area contributed by atoms with Crippen molar-refractivity contribution in [2.24, 2.45) is 5.92 Å². The van der Waals surface area contributed by atoms with Crippen LogP contribution in [0.4, 0.5) is 0 Å². The summed E-state index contributed by atoms with van der Waals surface area (Å²) in [4.78, 5) is 23.4. The number of rotatable bonds is 8. The van der Waals surface area contributed by atoms with Gasteiger partial charge < -0.3 is 14.2 Å². The van der Waals surface area contributed by atoms with Crippen molar-refractivity contribution in [3.05, 3.63) is 72.3 Å². The van der Waals surface area contributed by atoms with Crippen LogP contribution in [0.1, 0.15) is 60.9 Å². The van der Waals surface area contributed by atoms with Gasteiger partial charge in [0.05, 0.1) is 5.56 Å². The van der Waals surface area contributed by atoms with Gasteiger partial charge in [-0.3, -0.25) is 0 Å². The van der Waals surface area contributed by atoms with Crippen LogP contribution in [0.5, 0.6) is 11.5 Å². The lowest BCUT2D eigenvalue weighted by Gasteiger charge is -2.28. The van der Waals surface area contributed by atoms with Crippen molar-refractivity contribution in [3.8, 4) is 11.5 Å². The van der Waals surface area contributed by atoms with E-state index in [1.165, 1.54) is 37.7 Å². The molecule has 0 N–H and O–H groups in total. The fourth-order valence-corrected chi connectivity index (χ4v) is 3.78. The summed E-state index contributed by atoms with van der Waals surface area (Å²) in [5.74, 6) is 1.50. The number of ether oxygens (including phenoxy) is 3. The highest BCUT2D eigenvalue weighted by Gasteiger charge is 2.21. The normalized spacial score (nSPS) is 18.3. The Morgan fingerprint density at radius 2 is 1.60 bits per heavy atom. The SMILES string of the molecule is C=CC(=O)OCOc1ccc(C(=O)Oc2ccc(C3CCC(CC)CC3)cc2)cc1. The molecule has 0 aliphatic heterocycles. The van der Waals surface area contributed by atoms with Gasteiger partial charge in [-0.2, -0.15) is 0 Å². The summed E-state index contributed by atoms with van der Waals surface area (Å²) >= 11 is 0. The first-order valence-corrected chi connectivity index (χ1v) is 10.4. The molecule has 1 aliphatic carbocycles. The first-order valence-electron chi connectivity index (χ1n) is 10.4. The predicted molar refractivity (Wildman–Crippen MR) is 115 cm³/mol. The van der Waals surface area contributed by atoms with Crippen LogP contribution in [0, 0.1) is 5.92 Å². The zero-order valence-electron chi connectivity index (χ0n) is 17.3. The number of benzene rings is 2. The first kappa shape index (κ1) is 21.6. The van der Waals surface area contributed by atoms with Crippen molar-refractivity contribution in [2.45, 2.75) is 44.9 Å². The molecule has 2 aromatic rings. The van der Waals surface area contributed by atoms with E-state index < -0.39 is 11.9 Å². The van der Waals surface area contributed by atoms with Gasteiger partial charge in [0.1, 0.15) is 11.5 Å². The van der Waals surface area contributed by atoms with Crippen LogP contribution in [-0.4, -0.2) is 18.7 Å². The molecule has 3 rings (SSSR count). The molecule has 5 nitrogen and oxygen atoms in total. The highest BCUT2D eigenvalue weighted by molar-refractivity contribution is 5.91. The second kappa shape index (κ2) is 10.6. The van der Waals surface area contributed by atoms with E-state index in [0.29, 0.717) is 23.0 Å². The van der Waals surface area contributed by atoms with Gasteiger partial charge in [0, 0.05) is 6.08 Å². The summed E-state index contributed by atoms with van der Waals surface area (Å²) in [6.07, 6.45) is 7.41. The van der Waals surface area contributed by atoms with Crippen molar-refractivity contribution in [2.75, 3.05) is 6.79 Å². The van der Waals surface area contributed by atoms with E-state index in [0.717, 1.165) is 12.0 Å². The number of hydrogen-bond donors (Lipinski definition) is 0. The molecular formula is C25H28O5. The maximum Gasteiger partial charge on any atom is 0.343 e. The maximum absolute atomic E-state index is 12.4. The third kappa shape index (κ3) is 5.96. The number of carbonyl (C=O) groups excluding carboxylic acids is 2. The van der Waals surface area contributed by atoms with E-state index in [2.05, 4.69) is 25.6 Å². The Morgan fingerprint density at radius 3 is 2.20 bits per heavy atom. The topological polar surface area (TPSA) is 61.8 Å². The van der Waals surface area contributed by atoms with Crippen LogP contribution < -0.4 is 9.47 Å². The van der Waals surface area contributed by atoms with E-state index in [4.69, 9.17) is 14.2 Å². The number of esters is 2. The van der Waals surface area contributed by atoms with Crippen molar-refractivity contribution in [1.29, 1.82) is 0 Å². The minimum absolute atomic E-state index is 0.221. The molecule has 0 unspecified atom stereocenters. The molecule has 158 valence electrons.